The lowest BCUT2D eigenvalue weighted by atomic mass is 9.93. The lowest BCUT2D eigenvalue weighted by Crippen LogP contribution is -2.37. The maximum absolute atomic E-state index is 5.52. The van der Waals surface area contributed by atoms with Crippen LogP contribution in [0.5, 0.6) is 0 Å². The number of rotatable bonds is 8. The van der Waals surface area contributed by atoms with Gasteiger partial charge < -0.3 is 14.7 Å². The molecule has 0 bridgehead atoms. The number of para-hydroxylation sites is 2. The minimum absolute atomic E-state index is 0.660. The van der Waals surface area contributed by atoms with E-state index in [4.69, 9.17) is 4.74 Å². The molecule has 4 heteroatoms. The van der Waals surface area contributed by atoms with Gasteiger partial charge in [-0.3, -0.25) is 4.90 Å². The molecule has 4 aromatic rings. The first-order valence-electron chi connectivity index (χ1n) is 11.3. The Morgan fingerprint density at radius 3 is 2.13 bits per heavy atom. The number of morpholine rings is 1. The molecule has 2 N–H and O–H groups in total. The van der Waals surface area contributed by atoms with Crippen molar-refractivity contribution in [2.45, 2.75) is 25.7 Å². The molecule has 1 saturated heterocycles. The van der Waals surface area contributed by atoms with Gasteiger partial charge in [-0.25, -0.2) is 0 Å². The molecule has 0 spiro atoms. The summed E-state index contributed by atoms with van der Waals surface area (Å²) in [5.74, 6) is 0.660. The Morgan fingerprint density at radius 1 is 0.800 bits per heavy atom. The molecule has 0 amide bonds. The normalized spacial score (nSPS) is 16.4. The van der Waals surface area contributed by atoms with Crippen molar-refractivity contribution in [1.29, 1.82) is 0 Å². The summed E-state index contributed by atoms with van der Waals surface area (Å²) in [6.07, 6.45) is 4.64. The van der Waals surface area contributed by atoms with Crippen LogP contribution in [0.25, 0.3) is 21.8 Å². The molecular weight excluding hydrogens is 370 g/mol. The number of aromatic nitrogens is 2. The van der Waals surface area contributed by atoms with Crippen molar-refractivity contribution in [3.05, 3.63) is 72.1 Å². The fraction of sp³-hybridized carbons (Fsp3) is 0.385. The predicted octanol–water partition coefficient (Wildman–Crippen LogP) is 5.16. The van der Waals surface area contributed by atoms with Crippen molar-refractivity contribution >= 4 is 21.8 Å². The Bertz CT molecular complexity index is 1020. The zero-order valence-corrected chi connectivity index (χ0v) is 17.6. The van der Waals surface area contributed by atoms with Crippen molar-refractivity contribution in [1.82, 2.24) is 14.9 Å². The summed E-state index contributed by atoms with van der Waals surface area (Å²) in [6, 6.07) is 21.8. The SMILES string of the molecule is c1ccc2[nH]c(CCC(CCN3CCOCC3)Cc3cc4ccccc4[nH]3)cc2c1. The third-order valence-electron chi connectivity index (χ3n) is 6.46. The van der Waals surface area contributed by atoms with Gasteiger partial charge in [-0.2, -0.15) is 0 Å². The van der Waals surface area contributed by atoms with Crippen LogP contribution in [0.1, 0.15) is 24.2 Å². The van der Waals surface area contributed by atoms with Crippen LogP contribution in [0.4, 0.5) is 0 Å². The van der Waals surface area contributed by atoms with Crippen molar-refractivity contribution < 1.29 is 4.74 Å². The number of nitrogens with zero attached hydrogens (tertiary/aromatic N) is 1. The van der Waals surface area contributed by atoms with Crippen molar-refractivity contribution in [3.63, 3.8) is 0 Å². The zero-order chi connectivity index (χ0) is 20.2. The van der Waals surface area contributed by atoms with Gasteiger partial charge >= 0.3 is 0 Å². The highest BCUT2D eigenvalue weighted by atomic mass is 16.5. The molecule has 3 heterocycles. The molecule has 1 fully saturated rings. The quantitative estimate of drug-likeness (QED) is 0.428. The summed E-state index contributed by atoms with van der Waals surface area (Å²) >= 11 is 0. The van der Waals surface area contributed by atoms with E-state index in [0.717, 1.165) is 39.1 Å². The Labute approximate surface area is 178 Å². The number of ether oxygens (including phenoxy) is 1. The number of benzene rings is 2. The molecule has 0 saturated carbocycles. The number of fused-ring (bicyclic) bond motifs is 2. The number of aryl methyl sites for hydroxylation is 1. The number of H-pyrrole nitrogens is 2. The molecule has 2 aromatic carbocycles. The second-order valence-corrected chi connectivity index (χ2v) is 8.62. The molecule has 30 heavy (non-hydrogen) atoms. The first kappa shape index (κ1) is 19.4. The molecule has 0 aliphatic carbocycles. The van der Waals surface area contributed by atoms with E-state index in [9.17, 15) is 0 Å². The smallest absolute Gasteiger partial charge is 0.0594 e. The Balaban J connectivity index is 1.27. The van der Waals surface area contributed by atoms with E-state index in [2.05, 4.69) is 75.5 Å². The van der Waals surface area contributed by atoms with Crippen LogP contribution in [0.2, 0.25) is 0 Å². The zero-order valence-electron chi connectivity index (χ0n) is 17.6. The number of nitrogens with one attached hydrogen (secondary N) is 2. The van der Waals surface area contributed by atoms with Crippen molar-refractivity contribution in [2.75, 3.05) is 32.8 Å². The molecule has 1 atom stereocenters. The van der Waals surface area contributed by atoms with E-state index < -0.39 is 0 Å². The van der Waals surface area contributed by atoms with Crippen LogP contribution in [-0.4, -0.2) is 47.7 Å². The van der Waals surface area contributed by atoms with Crippen LogP contribution in [-0.2, 0) is 17.6 Å². The molecule has 1 aliphatic rings. The third-order valence-corrected chi connectivity index (χ3v) is 6.46. The highest BCUT2D eigenvalue weighted by molar-refractivity contribution is 5.80. The monoisotopic (exact) mass is 401 g/mol. The molecule has 0 radical (unpaired) electrons. The van der Waals surface area contributed by atoms with Gasteiger partial charge in [0.2, 0.25) is 0 Å². The van der Waals surface area contributed by atoms with Gasteiger partial charge in [0.25, 0.3) is 0 Å². The lowest BCUT2D eigenvalue weighted by molar-refractivity contribution is 0.0352. The van der Waals surface area contributed by atoms with Crippen LogP contribution in [0.3, 0.4) is 0 Å². The van der Waals surface area contributed by atoms with Gasteiger partial charge in [-0.15, -0.1) is 0 Å². The second-order valence-electron chi connectivity index (χ2n) is 8.62. The number of hydrogen-bond acceptors (Lipinski definition) is 2. The average Bonchev–Trinajstić information content (AvgIpc) is 3.39. The standard InChI is InChI=1S/C26H31N3O/c1-3-7-25-21(5-1)18-23(27-25)10-9-20(11-12-29-13-15-30-16-14-29)17-24-19-22-6-2-4-8-26(22)28-24/h1-8,18-20,27-28H,9-17H2. The summed E-state index contributed by atoms with van der Waals surface area (Å²) in [5.41, 5.74) is 5.20. The molecule has 156 valence electrons. The largest absolute Gasteiger partial charge is 0.379 e. The Kier molecular flexibility index (Phi) is 5.87. The van der Waals surface area contributed by atoms with E-state index >= 15 is 0 Å². The number of aromatic amines is 2. The van der Waals surface area contributed by atoms with Gasteiger partial charge in [-0.1, -0.05) is 36.4 Å². The highest BCUT2D eigenvalue weighted by Crippen LogP contribution is 2.24. The van der Waals surface area contributed by atoms with Crippen LogP contribution < -0.4 is 0 Å². The molecule has 4 nitrogen and oxygen atoms in total. The van der Waals surface area contributed by atoms with Crippen molar-refractivity contribution in [2.24, 2.45) is 5.92 Å². The summed E-state index contributed by atoms with van der Waals surface area (Å²) in [5, 5.41) is 2.63. The van der Waals surface area contributed by atoms with Gasteiger partial charge in [0.05, 0.1) is 13.2 Å². The van der Waals surface area contributed by atoms with E-state index in [1.165, 1.54) is 52.6 Å². The van der Waals surface area contributed by atoms with E-state index in [0.29, 0.717) is 5.92 Å². The molecule has 2 aromatic heterocycles. The van der Waals surface area contributed by atoms with Gasteiger partial charge in [-0.05, 0) is 73.2 Å². The lowest BCUT2D eigenvalue weighted by Gasteiger charge is -2.28. The van der Waals surface area contributed by atoms with E-state index in [1.54, 1.807) is 0 Å². The molecule has 1 aliphatic heterocycles. The molecule has 1 unspecified atom stereocenters. The second kappa shape index (κ2) is 9.07. The van der Waals surface area contributed by atoms with Crippen LogP contribution in [0, 0.1) is 5.92 Å². The minimum atomic E-state index is 0.660. The topological polar surface area (TPSA) is 44.0 Å². The maximum atomic E-state index is 5.52. The number of hydrogen-bond donors (Lipinski definition) is 2. The van der Waals surface area contributed by atoms with E-state index in [1.807, 2.05) is 0 Å². The first-order chi connectivity index (χ1) is 14.8. The summed E-state index contributed by atoms with van der Waals surface area (Å²) < 4.78 is 5.52. The van der Waals surface area contributed by atoms with E-state index in [-0.39, 0.29) is 0 Å². The highest BCUT2D eigenvalue weighted by Gasteiger charge is 2.16. The molecule has 5 rings (SSSR count). The fourth-order valence-corrected chi connectivity index (χ4v) is 4.72. The van der Waals surface area contributed by atoms with Gasteiger partial charge in [0, 0.05) is 35.5 Å². The summed E-state index contributed by atoms with van der Waals surface area (Å²) in [6.45, 7) is 5.06. The maximum Gasteiger partial charge on any atom is 0.0594 e. The van der Waals surface area contributed by atoms with Gasteiger partial charge in [0.15, 0.2) is 0 Å². The van der Waals surface area contributed by atoms with Gasteiger partial charge in [0.1, 0.15) is 0 Å². The third kappa shape index (κ3) is 4.61. The predicted molar refractivity (Wildman–Crippen MR) is 124 cm³/mol. The first-order valence-corrected chi connectivity index (χ1v) is 11.3. The summed E-state index contributed by atoms with van der Waals surface area (Å²) in [4.78, 5) is 9.81. The average molecular weight is 402 g/mol. The molecular formula is C26H31N3O. The Hall–Kier alpha value is -2.56. The van der Waals surface area contributed by atoms with Crippen molar-refractivity contribution in [3.8, 4) is 0 Å². The van der Waals surface area contributed by atoms with Crippen LogP contribution >= 0.6 is 0 Å². The summed E-state index contributed by atoms with van der Waals surface area (Å²) in [7, 11) is 0. The Morgan fingerprint density at radius 2 is 1.43 bits per heavy atom. The fourth-order valence-electron chi connectivity index (χ4n) is 4.72. The minimum Gasteiger partial charge on any atom is -0.379 e. The van der Waals surface area contributed by atoms with Crippen LogP contribution in [0.15, 0.2) is 60.7 Å².